The molecule has 0 saturated carbocycles. The van der Waals surface area contributed by atoms with E-state index in [1.807, 2.05) is 6.92 Å². The number of rotatable bonds is 2. The molecule has 2 aliphatic rings. The summed E-state index contributed by atoms with van der Waals surface area (Å²) in [6.07, 6.45) is 3.62. The van der Waals surface area contributed by atoms with E-state index in [0.717, 1.165) is 42.4 Å². The van der Waals surface area contributed by atoms with Gasteiger partial charge in [-0.25, -0.2) is 12.7 Å². The Labute approximate surface area is 174 Å². The summed E-state index contributed by atoms with van der Waals surface area (Å²) in [7, 11) is -2.77. The number of sulfonamides is 1. The first kappa shape index (κ1) is 19.9. The molecule has 2 aromatic rings. The van der Waals surface area contributed by atoms with Gasteiger partial charge in [-0.2, -0.15) is 0 Å². The van der Waals surface area contributed by atoms with Crippen LogP contribution in [0.3, 0.4) is 0 Å². The molecule has 0 aromatic heterocycles. The van der Waals surface area contributed by atoms with Crippen molar-refractivity contribution >= 4 is 39.1 Å². The zero-order valence-electron chi connectivity index (χ0n) is 16.2. The van der Waals surface area contributed by atoms with Crippen LogP contribution in [0.2, 0.25) is 5.02 Å². The van der Waals surface area contributed by atoms with Crippen molar-refractivity contribution in [1.29, 1.82) is 0 Å². The Morgan fingerprint density at radius 1 is 1.14 bits per heavy atom. The molecular formula is C21H21ClN2O4S. The number of amides is 2. The highest BCUT2D eigenvalue weighted by Gasteiger charge is 2.45. The fourth-order valence-electron chi connectivity index (χ4n) is 3.95. The Morgan fingerprint density at radius 2 is 1.79 bits per heavy atom. The monoisotopic (exact) mass is 432 g/mol. The van der Waals surface area contributed by atoms with Gasteiger partial charge in [-0.05, 0) is 73.1 Å². The molecular weight excluding hydrogens is 412 g/mol. The standard InChI is InChI=1S/C21H21ClN2O4S/c1-12-7-8-15(11-17(12)22)23-20(25)19-16-9-13-5-3-4-6-14(13)10-18(16)29(27,28)24(2)21(19)26/h7-11,19H,3-6H2,1-2H3,(H,23,25). The van der Waals surface area contributed by atoms with Gasteiger partial charge in [0.05, 0.1) is 4.90 Å². The maximum atomic E-state index is 13.1. The van der Waals surface area contributed by atoms with Gasteiger partial charge in [0.2, 0.25) is 5.91 Å². The number of halogens is 1. The quantitative estimate of drug-likeness (QED) is 0.737. The Bertz CT molecular complexity index is 1140. The van der Waals surface area contributed by atoms with Gasteiger partial charge < -0.3 is 5.32 Å². The van der Waals surface area contributed by atoms with E-state index in [4.69, 9.17) is 11.6 Å². The number of aryl methyl sites for hydroxylation is 3. The van der Waals surface area contributed by atoms with Crippen LogP contribution in [0, 0.1) is 6.92 Å². The predicted molar refractivity (Wildman–Crippen MR) is 111 cm³/mol. The second kappa shape index (κ2) is 7.15. The maximum absolute atomic E-state index is 13.1. The molecule has 0 radical (unpaired) electrons. The van der Waals surface area contributed by atoms with Gasteiger partial charge in [-0.3, -0.25) is 9.59 Å². The normalized spacial score (nSPS) is 20.0. The molecule has 29 heavy (non-hydrogen) atoms. The number of carbonyl (C=O) groups is 2. The van der Waals surface area contributed by atoms with Crippen molar-refractivity contribution in [3.63, 3.8) is 0 Å². The van der Waals surface area contributed by atoms with Gasteiger partial charge in [0.1, 0.15) is 5.92 Å². The van der Waals surface area contributed by atoms with Gasteiger partial charge in [0, 0.05) is 17.8 Å². The molecule has 0 saturated heterocycles. The van der Waals surface area contributed by atoms with E-state index >= 15 is 0 Å². The van der Waals surface area contributed by atoms with Crippen LogP contribution in [0.15, 0.2) is 35.2 Å². The summed E-state index contributed by atoms with van der Waals surface area (Å²) in [4.78, 5) is 26.0. The molecule has 1 unspecified atom stereocenters. The van der Waals surface area contributed by atoms with Crippen molar-refractivity contribution in [2.75, 3.05) is 12.4 Å². The number of fused-ring (bicyclic) bond motifs is 2. The Hall–Kier alpha value is -2.38. The number of carbonyl (C=O) groups excluding carboxylic acids is 2. The summed E-state index contributed by atoms with van der Waals surface area (Å²) in [6, 6.07) is 8.45. The number of nitrogens with one attached hydrogen (secondary N) is 1. The number of anilines is 1. The molecule has 0 fully saturated rings. The van der Waals surface area contributed by atoms with E-state index in [-0.39, 0.29) is 10.5 Å². The Morgan fingerprint density at radius 3 is 2.45 bits per heavy atom. The highest BCUT2D eigenvalue weighted by atomic mass is 35.5. The SMILES string of the molecule is Cc1ccc(NC(=O)C2C(=O)N(C)S(=O)(=O)c3cc4c(cc32)CCCC4)cc1Cl. The molecule has 2 aromatic carbocycles. The van der Waals surface area contributed by atoms with E-state index in [1.54, 1.807) is 30.3 Å². The molecule has 2 amide bonds. The van der Waals surface area contributed by atoms with Crippen LogP contribution in [0.5, 0.6) is 0 Å². The van der Waals surface area contributed by atoms with Gasteiger partial charge in [0.25, 0.3) is 15.9 Å². The van der Waals surface area contributed by atoms with Crippen molar-refractivity contribution in [1.82, 2.24) is 4.31 Å². The number of benzene rings is 2. The summed E-state index contributed by atoms with van der Waals surface area (Å²) < 4.78 is 26.4. The second-order valence-electron chi connectivity index (χ2n) is 7.56. The molecule has 152 valence electrons. The highest BCUT2D eigenvalue weighted by molar-refractivity contribution is 7.89. The van der Waals surface area contributed by atoms with Gasteiger partial charge in [-0.15, -0.1) is 0 Å². The van der Waals surface area contributed by atoms with Gasteiger partial charge >= 0.3 is 0 Å². The fourth-order valence-corrected chi connectivity index (χ4v) is 5.53. The smallest absolute Gasteiger partial charge is 0.266 e. The summed E-state index contributed by atoms with van der Waals surface area (Å²) in [5.41, 5.74) is 3.56. The molecule has 6 nitrogen and oxygen atoms in total. The highest BCUT2D eigenvalue weighted by Crippen LogP contribution is 2.38. The predicted octanol–water partition coefficient (Wildman–Crippen LogP) is 3.41. The lowest BCUT2D eigenvalue weighted by Gasteiger charge is -2.32. The largest absolute Gasteiger partial charge is 0.325 e. The number of hydrogen-bond donors (Lipinski definition) is 1. The summed E-state index contributed by atoms with van der Waals surface area (Å²) in [5.74, 6) is -2.57. The van der Waals surface area contributed by atoms with Gasteiger partial charge in [-0.1, -0.05) is 23.7 Å². The minimum atomic E-state index is -3.97. The van der Waals surface area contributed by atoms with Crippen LogP contribution in [0.1, 0.15) is 41.0 Å². The van der Waals surface area contributed by atoms with E-state index < -0.39 is 27.8 Å². The third kappa shape index (κ3) is 3.32. The first-order valence-corrected chi connectivity index (χ1v) is 11.3. The van der Waals surface area contributed by atoms with Gasteiger partial charge in [0.15, 0.2) is 0 Å². The molecule has 0 spiro atoms. The summed E-state index contributed by atoms with van der Waals surface area (Å²) in [5, 5.41) is 3.21. The molecule has 1 aliphatic carbocycles. The molecule has 1 N–H and O–H groups in total. The number of nitrogens with zero attached hydrogens (tertiary/aromatic N) is 1. The maximum Gasteiger partial charge on any atom is 0.266 e. The lowest BCUT2D eigenvalue weighted by molar-refractivity contribution is -0.132. The van der Waals surface area contributed by atoms with Crippen LogP contribution < -0.4 is 5.32 Å². The van der Waals surface area contributed by atoms with Crippen LogP contribution in [-0.4, -0.2) is 31.6 Å². The summed E-state index contributed by atoms with van der Waals surface area (Å²) >= 11 is 6.13. The average molecular weight is 433 g/mol. The van der Waals surface area contributed by atoms with Crippen LogP contribution in [0.4, 0.5) is 5.69 Å². The Kier molecular flexibility index (Phi) is 4.91. The molecule has 4 rings (SSSR count). The molecule has 1 atom stereocenters. The van der Waals surface area contributed by atoms with E-state index in [2.05, 4.69) is 5.32 Å². The third-order valence-electron chi connectivity index (χ3n) is 5.68. The van der Waals surface area contributed by atoms with Crippen LogP contribution in [0.25, 0.3) is 0 Å². The topological polar surface area (TPSA) is 83.6 Å². The number of likely N-dealkylation sites (N-methyl/N-ethyl adjacent to an activating group) is 1. The minimum Gasteiger partial charge on any atom is -0.325 e. The van der Waals surface area contributed by atoms with E-state index in [0.29, 0.717) is 15.0 Å². The average Bonchev–Trinajstić information content (AvgIpc) is 2.68. The second-order valence-corrected chi connectivity index (χ2v) is 9.91. The van der Waals surface area contributed by atoms with E-state index in [1.165, 1.54) is 7.05 Å². The lowest BCUT2D eigenvalue weighted by Crippen LogP contribution is -2.46. The summed E-state index contributed by atoms with van der Waals surface area (Å²) in [6.45, 7) is 1.85. The van der Waals surface area contributed by atoms with Crippen molar-refractivity contribution in [3.8, 4) is 0 Å². The van der Waals surface area contributed by atoms with E-state index in [9.17, 15) is 18.0 Å². The first-order chi connectivity index (χ1) is 13.7. The number of hydrogen-bond acceptors (Lipinski definition) is 4. The zero-order valence-corrected chi connectivity index (χ0v) is 17.7. The van der Waals surface area contributed by atoms with Crippen LogP contribution >= 0.6 is 11.6 Å². The van der Waals surface area contributed by atoms with Crippen molar-refractivity contribution in [3.05, 3.63) is 57.6 Å². The van der Waals surface area contributed by atoms with Crippen molar-refractivity contribution in [2.24, 2.45) is 0 Å². The molecule has 1 heterocycles. The molecule has 1 aliphatic heterocycles. The third-order valence-corrected chi connectivity index (χ3v) is 7.90. The zero-order chi connectivity index (χ0) is 20.9. The van der Waals surface area contributed by atoms with Crippen molar-refractivity contribution < 1.29 is 18.0 Å². The molecule has 0 bridgehead atoms. The first-order valence-electron chi connectivity index (χ1n) is 9.45. The molecule has 8 heteroatoms. The minimum absolute atomic E-state index is 0.0438. The lowest BCUT2D eigenvalue weighted by atomic mass is 9.86. The Balaban J connectivity index is 1.79. The fraction of sp³-hybridized carbons (Fsp3) is 0.333. The van der Waals surface area contributed by atoms with Crippen molar-refractivity contribution in [2.45, 2.75) is 43.4 Å². The van der Waals surface area contributed by atoms with Crippen LogP contribution in [-0.2, 0) is 32.5 Å².